The summed E-state index contributed by atoms with van der Waals surface area (Å²) in [6.07, 6.45) is 1.21. The van der Waals surface area contributed by atoms with Gasteiger partial charge in [-0.3, -0.25) is 0 Å². The SMILES string of the molecule is COc1cc(OC)c(C2NCCCS2)cc1OC. The number of nitrogens with one attached hydrogen (secondary N) is 1. The van der Waals surface area contributed by atoms with Crippen LogP contribution in [0.2, 0.25) is 0 Å². The maximum absolute atomic E-state index is 5.45. The fourth-order valence-corrected chi connectivity index (χ4v) is 3.17. The van der Waals surface area contributed by atoms with Crippen LogP contribution in [0, 0.1) is 0 Å². The van der Waals surface area contributed by atoms with Gasteiger partial charge in [-0.1, -0.05) is 0 Å². The van der Waals surface area contributed by atoms with E-state index in [1.54, 1.807) is 21.3 Å². The van der Waals surface area contributed by atoms with Crippen LogP contribution >= 0.6 is 11.8 Å². The molecule has 1 aliphatic heterocycles. The number of methoxy groups -OCH3 is 3. The van der Waals surface area contributed by atoms with Crippen LogP contribution in [0.1, 0.15) is 17.4 Å². The van der Waals surface area contributed by atoms with Crippen LogP contribution in [0.15, 0.2) is 12.1 Å². The first-order valence-corrected chi connectivity index (χ1v) is 7.00. The van der Waals surface area contributed by atoms with Crippen molar-refractivity contribution in [2.24, 2.45) is 0 Å². The molecule has 1 saturated heterocycles. The lowest BCUT2D eigenvalue weighted by Gasteiger charge is -2.25. The van der Waals surface area contributed by atoms with Gasteiger partial charge in [-0.2, -0.15) is 0 Å². The van der Waals surface area contributed by atoms with Crippen LogP contribution in [-0.2, 0) is 0 Å². The molecule has 1 aromatic carbocycles. The summed E-state index contributed by atoms with van der Waals surface area (Å²) < 4.78 is 16.1. The molecular formula is C13H19NO3S. The van der Waals surface area contributed by atoms with Crippen molar-refractivity contribution in [1.29, 1.82) is 0 Å². The summed E-state index contributed by atoms with van der Waals surface area (Å²) in [6, 6.07) is 3.87. The number of ether oxygens (including phenoxy) is 3. The second kappa shape index (κ2) is 6.20. The van der Waals surface area contributed by atoms with Crippen molar-refractivity contribution in [1.82, 2.24) is 5.32 Å². The Bertz CT molecular complexity index is 405. The zero-order valence-corrected chi connectivity index (χ0v) is 11.8. The molecule has 18 heavy (non-hydrogen) atoms. The van der Waals surface area contributed by atoms with Gasteiger partial charge in [0.05, 0.1) is 26.7 Å². The summed E-state index contributed by atoms with van der Waals surface area (Å²) in [5, 5.41) is 3.74. The van der Waals surface area contributed by atoms with Gasteiger partial charge in [-0.15, -0.1) is 11.8 Å². The molecule has 1 heterocycles. The van der Waals surface area contributed by atoms with Crippen LogP contribution < -0.4 is 19.5 Å². The van der Waals surface area contributed by atoms with Crippen molar-refractivity contribution in [2.45, 2.75) is 11.8 Å². The fourth-order valence-electron chi connectivity index (χ4n) is 2.02. The van der Waals surface area contributed by atoms with Crippen molar-refractivity contribution in [2.75, 3.05) is 33.6 Å². The lowest BCUT2D eigenvalue weighted by Crippen LogP contribution is -2.25. The van der Waals surface area contributed by atoms with Crippen LogP contribution in [0.5, 0.6) is 17.2 Å². The van der Waals surface area contributed by atoms with Crippen LogP contribution in [0.4, 0.5) is 0 Å². The summed E-state index contributed by atoms with van der Waals surface area (Å²) in [5.74, 6) is 3.43. The van der Waals surface area contributed by atoms with E-state index in [2.05, 4.69) is 5.32 Å². The first-order chi connectivity index (χ1) is 8.80. The standard InChI is InChI=1S/C13H19NO3S/c1-15-10-8-12(17-3)11(16-2)7-9(10)13-14-5-4-6-18-13/h7-8,13-14H,4-6H2,1-3H3. The molecule has 5 heteroatoms. The summed E-state index contributed by atoms with van der Waals surface area (Å²) >= 11 is 1.89. The Morgan fingerprint density at radius 2 is 1.72 bits per heavy atom. The molecule has 0 amide bonds. The van der Waals surface area contributed by atoms with Crippen molar-refractivity contribution in [3.63, 3.8) is 0 Å². The molecule has 1 atom stereocenters. The maximum Gasteiger partial charge on any atom is 0.164 e. The molecule has 1 fully saturated rings. The Labute approximate surface area is 112 Å². The second-order valence-electron chi connectivity index (χ2n) is 4.01. The predicted octanol–water partition coefficient (Wildman–Crippen LogP) is 2.44. The third-order valence-corrected chi connectivity index (χ3v) is 4.23. The van der Waals surface area contributed by atoms with Gasteiger partial charge in [0.2, 0.25) is 0 Å². The van der Waals surface area contributed by atoms with E-state index in [-0.39, 0.29) is 5.37 Å². The third-order valence-electron chi connectivity index (χ3n) is 2.95. The van der Waals surface area contributed by atoms with E-state index in [1.807, 2.05) is 23.9 Å². The zero-order valence-electron chi connectivity index (χ0n) is 11.0. The molecule has 4 nitrogen and oxygen atoms in total. The van der Waals surface area contributed by atoms with E-state index in [9.17, 15) is 0 Å². The molecular weight excluding hydrogens is 250 g/mol. The van der Waals surface area contributed by atoms with E-state index < -0.39 is 0 Å². The molecule has 0 aliphatic carbocycles. The Morgan fingerprint density at radius 3 is 2.28 bits per heavy atom. The number of hydrogen-bond donors (Lipinski definition) is 1. The molecule has 1 aromatic rings. The first-order valence-electron chi connectivity index (χ1n) is 5.95. The van der Waals surface area contributed by atoms with Gasteiger partial charge in [0.15, 0.2) is 11.5 Å². The molecule has 0 saturated carbocycles. The Hall–Kier alpha value is -1.07. The number of rotatable bonds is 4. The fraction of sp³-hybridized carbons (Fsp3) is 0.538. The average molecular weight is 269 g/mol. The number of thioether (sulfide) groups is 1. The van der Waals surface area contributed by atoms with Crippen LogP contribution in [0.25, 0.3) is 0 Å². The predicted molar refractivity (Wildman–Crippen MR) is 73.9 cm³/mol. The number of hydrogen-bond acceptors (Lipinski definition) is 5. The molecule has 0 aromatic heterocycles. The van der Waals surface area contributed by atoms with Crippen LogP contribution in [-0.4, -0.2) is 33.6 Å². The molecule has 0 radical (unpaired) electrons. The molecule has 0 bridgehead atoms. The zero-order chi connectivity index (χ0) is 13.0. The highest BCUT2D eigenvalue weighted by Gasteiger charge is 2.21. The van der Waals surface area contributed by atoms with Gasteiger partial charge < -0.3 is 19.5 Å². The summed E-state index contributed by atoms with van der Waals surface area (Å²) in [5.41, 5.74) is 1.11. The van der Waals surface area contributed by atoms with E-state index in [1.165, 1.54) is 6.42 Å². The van der Waals surface area contributed by atoms with Crippen molar-refractivity contribution < 1.29 is 14.2 Å². The highest BCUT2D eigenvalue weighted by molar-refractivity contribution is 7.99. The normalized spacial score (nSPS) is 19.4. The van der Waals surface area contributed by atoms with E-state index in [0.717, 1.165) is 29.4 Å². The third kappa shape index (κ3) is 2.67. The molecule has 100 valence electrons. The Morgan fingerprint density at radius 1 is 1.06 bits per heavy atom. The summed E-state index contributed by atoms with van der Waals surface area (Å²) in [6.45, 7) is 1.04. The topological polar surface area (TPSA) is 39.7 Å². The Kier molecular flexibility index (Phi) is 4.60. The highest BCUT2D eigenvalue weighted by Crippen LogP contribution is 2.41. The first kappa shape index (κ1) is 13.4. The average Bonchev–Trinajstić information content (AvgIpc) is 2.46. The highest BCUT2D eigenvalue weighted by atomic mass is 32.2. The maximum atomic E-state index is 5.45. The van der Waals surface area contributed by atoms with E-state index in [0.29, 0.717) is 5.75 Å². The Balaban J connectivity index is 2.37. The lowest BCUT2D eigenvalue weighted by molar-refractivity contribution is 0.347. The number of benzene rings is 1. The quantitative estimate of drug-likeness (QED) is 0.909. The molecule has 1 aliphatic rings. The molecule has 1 unspecified atom stereocenters. The summed E-state index contributed by atoms with van der Waals surface area (Å²) in [7, 11) is 4.96. The molecule has 0 spiro atoms. The smallest absolute Gasteiger partial charge is 0.164 e. The van der Waals surface area contributed by atoms with Gasteiger partial charge >= 0.3 is 0 Å². The molecule has 2 rings (SSSR count). The minimum Gasteiger partial charge on any atom is -0.496 e. The van der Waals surface area contributed by atoms with E-state index >= 15 is 0 Å². The van der Waals surface area contributed by atoms with Gasteiger partial charge in [0.25, 0.3) is 0 Å². The van der Waals surface area contributed by atoms with Gasteiger partial charge in [-0.05, 0) is 24.8 Å². The van der Waals surface area contributed by atoms with Crippen molar-refractivity contribution in [3.8, 4) is 17.2 Å². The van der Waals surface area contributed by atoms with E-state index in [4.69, 9.17) is 14.2 Å². The van der Waals surface area contributed by atoms with Crippen molar-refractivity contribution in [3.05, 3.63) is 17.7 Å². The lowest BCUT2D eigenvalue weighted by atomic mass is 10.1. The minimum absolute atomic E-state index is 0.258. The monoisotopic (exact) mass is 269 g/mol. The van der Waals surface area contributed by atoms with Crippen molar-refractivity contribution >= 4 is 11.8 Å². The summed E-state index contributed by atoms with van der Waals surface area (Å²) in [4.78, 5) is 0. The van der Waals surface area contributed by atoms with Gasteiger partial charge in [0, 0.05) is 11.6 Å². The second-order valence-corrected chi connectivity index (χ2v) is 5.22. The molecule has 1 N–H and O–H groups in total. The minimum atomic E-state index is 0.258. The van der Waals surface area contributed by atoms with Gasteiger partial charge in [-0.25, -0.2) is 0 Å². The van der Waals surface area contributed by atoms with Gasteiger partial charge in [0.1, 0.15) is 5.75 Å². The van der Waals surface area contributed by atoms with Crippen LogP contribution in [0.3, 0.4) is 0 Å². The largest absolute Gasteiger partial charge is 0.496 e.